The van der Waals surface area contributed by atoms with Gasteiger partial charge in [0.05, 0.1) is 13.2 Å². The fourth-order valence-electron chi connectivity index (χ4n) is 1.68. The van der Waals surface area contributed by atoms with Gasteiger partial charge in [0.1, 0.15) is 0 Å². The van der Waals surface area contributed by atoms with Crippen molar-refractivity contribution in [1.29, 1.82) is 0 Å². The first-order valence-corrected chi connectivity index (χ1v) is 6.10. The van der Waals surface area contributed by atoms with Gasteiger partial charge in [-0.05, 0) is 23.8 Å². The largest absolute Gasteiger partial charge is 0.478 e. The van der Waals surface area contributed by atoms with Crippen LogP contribution in [-0.4, -0.2) is 58.4 Å². The predicted molar refractivity (Wildman–Crippen MR) is 73.2 cm³/mol. The minimum atomic E-state index is -1.07. The van der Waals surface area contributed by atoms with E-state index < -0.39 is 5.97 Å². The van der Waals surface area contributed by atoms with Crippen molar-refractivity contribution >= 4 is 18.0 Å². The van der Waals surface area contributed by atoms with E-state index in [0.717, 1.165) is 6.08 Å². The summed E-state index contributed by atoms with van der Waals surface area (Å²) in [6, 6.07) is 6.48. The third-order valence-corrected chi connectivity index (χ3v) is 2.58. The molecular weight excluding hydrogens is 262 g/mol. The van der Waals surface area contributed by atoms with E-state index in [1.165, 1.54) is 11.0 Å². The molecule has 0 radical (unpaired) electrons. The highest BCUT2D eigenvalue weighted by atomic mass is 16.4. The summed E-state index contributed by atoms with van der Waals surface area (Å²) in [6.07, 6.45) is 2.38. The Bertz CT molecular complexity index is 492. The van der Waals surface area contributed by atoms with Gasteiger partial charge < -0.3 is 20.2 Å². The highest BCUT2D eigenvalue weighted by Gasteiger charge is 2.14. The molecule has 1 aromatic carbocycles. The third-order valence-electron chi connectivity index (χ3n) is 2.58. The maximum atomic E-state index is 12.2. The lowest BCUT2D eigenvalue weighted by Gasteiger charge is -2.20. The van der Waals surface area contributed by atoms with E-state index in [1.54, 1.807) is 24.3 Å². The number of benzene rings is 1. The quantitative estimate of drug-likeness (QED) is 0.620. The lowest BCUT2D eigenvalue weighted by atomic mass is 10.1. The number of hydrogen-bond acceptors (Lipinski definition) is 4. The van der Waals surface area contributed by atoms with Gasteiger partial charge in [-0.3, -0.25) is 4.79 Å². The van der Waals surface area contributed by atoms with Gasteiger partial charge in [0, 0.05) is 24.7 Å². The molecule has 0 bridgehead atoms. The van der Waals surface area contributed by atoms with Gasteiger partial charge >= 0.3 is 5.97 Å². The molecule has 0 atom stereocenters. The molecule has 1 aromatic rings. The molecule has 0 aromatic heterocycles. The molecule has 0 fully saturated rings. The maximum Gasteiger partial charge on any atom is 0.328 e. The average Bonchev–Trinajstić information content (AvgIpc) is 2.44. The summed E-state index contributed by atoms with van der Waals surface area (Å²) >= 11 is 0. The topological polar surface area (TPSA) is 98.1 Å². The van der Waals surface area contributed by atoms with Gasteiger partial charge in [-0.1, -0.05) is 12.1 Å². The zero-order chi connectivity index (χ0) is 15.0. The summed E-state index contributed by atoms with van der Waals surface area (Å²) in [5.41, 5.74) is 0.964. The molecule has 0 spiro atoms. The monoisotopic (exact) mass is 279 g/mol. The van der Waals surface area contributed by atoms with Crippen molar-refractivity contribution in [2.45, 2.75) is 0 Å². The van der Waals surface area contributed by atoms with Crippen LogP contribution in [0.1, 0.15) is 15.9 Å². The molecule has 1 amide bonds. The number of nitrogens with zero attached hydrogens (tertiary/aromatic N) is 1. The Morgan fingerprint density at radius 2 is 1.80 bits per heavy atom. The number of aliphatic hydroxyl groups excluding tert-OH is 2. The normalized spacial score (nSPS) is 10.7. The van der Waals surface area contributed by atoms with Crippen molar-refractivity contribution < 1.29 is 24.9 Å². The van der Waals surface area contributed by atoms with Crippen molar-refractivity contribution in [1.82, 2.24) is 4.90 Å². The van der Waals surface area contributed by atoms with Crippen LogP contribution in [0.5, 0.6) is 0 Å². The molecule has 0 aliphatic carbocycles. The molecule has 0 aliphatic rings. The molecule has 0 heterocycles. The van der Waals surface area contributed by atoms with Crippen LogP contribution < -0.4 is 0 Å². The van der Waals surface area contributed by atoms with Crippen LogP contribution in [0.2, 0.25) is 0 Å². The first-order valence-electron chi connectivity index (χ1n) is 6.10. The second-order valence-electron chi connectivity index (χ2n) is 4.04. The van der Waals surface area contributed by atoms with Gasteiger partial charge in [-0.2, -0.15) is 0 Å². The number of amides is 1. The number of carboxylic acids is 1. The SMILES string of the molecule is O=C(O)C=Cc1cccc(C(=O)N(CCO)CCO)c1. The molecular formula is C14H17NO5. The third kappa shape index (κ3) is 4.83. The van der Waals surface area contributed by atoms with Gasteiger partial charge in [-0.15, -0.1) is 0 Å². The molecule has 1 rings (SSSR count). The summed E-state index contributed by atoms with van der Waals surface area (Å²) in [4.78, 5) is 24.0. The molecule has 0 unspecified atom stereocenters. The number of rotatable bonds is 7. The Kier molecular flexibility index (Phi) is 6.42. The summed E-state index contributed by atoms with van der Waals surface area (Å²) in [5, 5.41) is 26.4. The van der Waals surface area contributed by atoms with E-state index in [4.69, 9.17) is 15.3 Å². The zero-order valence-corrected chi connectivity index (χ0v) is 10.9. The number of aliphatic hydroxyl groups is 2. The molecule has 108 valence electrons. The van der Waals surface area contributed by atoms with Crippen LogP contribution in [0.4, 0.5) is 0 Å². The summed E-state index contributed by atoms with van der Waals surface area (Å²) in [7, 11) is 0. The standard InChI is InChI=1S/C14H17NO5/c16-8-6-15(7-9-17)14(20)12-3-1-2-11(10-12)4-5-13(18)19/h1-5,10,16-17H,6-9H2,(H,18,19). The van der Waals surface area contributed by atoms with Crippen molar-refractivity contribution in [3.05, 3.63) is 41.5 Å². The number of carbonyl (C=O) groups is 2. The van der Waals surface area contributed by atoms with Crippen LogP contribution in [0.3, 0.4) is 0 Å². The zero-order valence-electron chi connectivity index (χ0n) is 10.9. The van der Waals surface area contributed by atoms with Crippen molar-refractivity contribution in [2.75, 3.05) is 26.3 Å². The van der Waals surface area contributed by atoms with Crippen LogP contribution in [0.25, 0.3) is 6.08 Å². The van der Waals surface area contributed by atoms with E-state index in [1.807, 2.05) is 0 Å². The summed E-state index contributed by atoms with van der Waals surface area (Å²) in [6.45, 7) is -0.113. The second-order valence-corrected chi connectivity index (χ2v) is 4.04. The van der Waals surface area contributed by atoms with Gasteiger partial charge in [-0.25, -0.2) is 4.79 Å². The maximum absolute atomic E-state index is 12.2. The summed E-state index contributed by atoms with van der Waals surface area (Å²) in [5.74, 6) is -1.39. The Hall–Kier alpha value is -2.18. The lowest BCUT2D eigenvalue weighted by molar-refractivity contribution is -0.131. The van der Waals surface area contributed by atoms with Crippen molar-refractivity contribution in [2.24, 2.45) is 0 Å². The first-order chi connectivity index (χ1) is 9.58. The van der Waals surface area contributed by atoms with Crippen LogP contribution in [0, 0.1) is 0 Å². The molecule has 6 nitrogen and oxygen atoms in total. The Balaban J connectivity index is 2.91. The minimum Gasteiger partial charge on any atom is -0.478 e. The van der Waals surface area contributed by atoms with Crippen LogP contribution in [0.15, 0.2) is 30.3 Å². The molecule has 0 saturated heterocycles. The van der Waals surface area contributed by atoms with Gasteiger partial charge in [0.15, 0.2) is 0 Å². The number of carboxylic acid groups (broad SMARTS) is 1. The molecule has 20 heavy (non-hydrogen) atoms. The van der Waals surface area contributed by atoms with E-state index >= 15 is 0 Å². The van der Waals surface area contributed by atoms with Crippen LogP contribution in [-0.2, 0) is 4.79 Å². The number of hydrogen-bond donors (Lipinski definition) is 3. The highest BCUT2D eigenvalue weighted by Crippen LogP contribution is 2.10. The van der Waals surface area contributed by atoms with Crippen molar-refractivity contribution in [3.63, 3.8) is 0 Å². The van der Waals surface area contributed by atoms with Gasteiger partial charge in [0.25, 0.3) is 5.91 Å². The van der Waals surface area contributed by atoms with E-state index in [2.05, 4.69) is 0 Å². The average molecular weight is 279 g/mol. The molecule has 0 saturated carbocycles. The van der Waals surface area contributed by atoms with Crippen LogP contribution >= 0.6 is 0 Å². The van der Waals surface area contributed by atoms with E-state index in [-0.39, 0.29) is 32.2 Å². The van der Waals surface area contributed by atoms with E-state index in [0.29, 0.717) is 11.1 Å². The fourth-order valence-corrected chi connectivity index (χ4v) is 1.68. The van der Waals surface area contributed by atoms with E-state index in [9.17, 15) is 9.59 Å². The number of carbonyl (C=O) groups excluding carboxylic acids is 1. The minimum absolute atomic E-state index is 0.134. The predicted octanol–water partition coefficient (Wildman–Crippen LogP) is 0.211. The molecule has 6 heteroatoms. The molecule has 3 N–H and O–H groups in total. The lowest BCUT2D eigenvalue weighted by Crippen LogP contribution is -2.35. The Morgan fingerprint density at radius 1 is 1.15 bits per heavy atom. The van der Waals surface area contributed by atoms with Crippen molar-refractivity contribution in [3.8, 4) is 0 Å². The molecule has 0 aliphatic heterocycles. The second kappa shape index (κ2) is 8.08. The van der Waals surface area contributed by atoms with Gasteiger partial charge in [0.2, 0.25) is 0 Å². The Morgan fingerprint density at radius 3 is 2.35 bits per heavy atom. The smallest absolute Gasteiger partial charge is 0.328 e. The Labute approximate surface area is 116 Å². The highest BCUT2D eigenvalue weighted by molar-refractivity contribution is 5.95. The first kappa shape index (κ1) is 15.9. The fraction of sp³-hybridized carbons (Fsp3) is 0.286. The number of aliphatic carboxylic acids is 1. The summed E-state index contributed by atoms with van der Waals surface area (Å²) < 4.78 is 0.